The van der Waals surface area contributed by atoms with Crippen molar-refractivity contribution in [3.8, 4) is 57.4 Å². The molecule has 6 fully saturated rings. The van der Waals surface area contributed by atoms with Crippen molar-refractivity contribution in [1.29, 1.82) is 10.5 Å². The van der Waals surface area contributed by atoms with E-state index in [0.29, 0.717) is 53.1 Å². The lowest BCUT2D eigenvalue weighted by Crippen LogP contribution is -2.74. The van der Waals surface area contributed by atoms with Crippen molar-refractivity contribution >= 4 is 58.5 Å². The molecule has 6 aromatic carbocycles. The number of carbonyl (C=O) groups is 4. The van der Waals surface area contributed by atoms with Gasteiger partial charge < -0.3 is 82.2 Å². The highest BCUT2D eigenvalue weighted by atomic mass is 32.2. The van der Waals surface area contributed by atoms with E-state index < -0.39 is 83.6 Å². The number of ketones is 2. The molecule has 0 radical (unpaired) electrons. The number of methoxy groups -OCH3 is 4. The summed E-state index contributed by atoms with van der Waals surface area (Å²) in [5.74, 6) is 2.83. The maximum absolute atomic E-state index is 14.5. The number of nitriles is 2. The lowest BCUT2D eigenvalue weighted by atomic mass is 9.65. The van der Waals surface area contributed by atoms with Crippen molar-refractivity contribution in [1.82, 2.24) is 19.6 Å². The van der Waals surface area contributed by atoms with Gasteiger partial charge in [0, 0.05) is 119 Å². The lowest BCUT2D eigenvalue weighted by molar-refractivity contribution is -0.155. The number of piperazine rings is 2. The first kappa shape index (κ1) is 90.5. The molecule has 0 saturated carbocycles. The van der Waals surface area contributed by atoms with Crippen LogP contribution in [0.25, 0.3) is 22.3 Å². The number of piperidine rings is 2. The third-order valence-corrected chi connectivity index (χ3v) is 28.3. The van der Waals surface area contributed by atoms with Crippen LogP contribution < -0.4 is 18.9 Å². The molecule has 6 saturated heterocycles. The Balaban J connectivity index is 0.000000169. The van der Waals surface area contributed by atoms with Gasteiger partial charge in [-0.1, -0.05) is 134 Å². The highest BCUT2D eigenvalue weighted by Gasteiger charge is 2.67. The van der Waals surface area contributed by atoms with E-state index in [0.717, 1.165) is 39.1 Å². The highest BCUT2D eigenvalue weighted by Crippen LogP contribution is 2.61. The van der Waals surface area contributed by atoms with Gasteiger partial charge in [0.2, 0.25) is 13.6 Å². The maximum Gasteiger partial charge on any atom is 0.357 e. The second-order valence-corrected chi connectivity index (χ2v) is 34.4. The Bertz CT molecular complexity index is 5450. The molecule has 125 heavy (non-hydrogen) atoms. The lowest BCUT2D eigenvalue weighted by Gasteiger charge is -2.62. The first-order chi connectivity index (χ1) is 59.5. The number of Topliss-reactive ketones (excluding diaryl/α,β-unsaturated/α-hetero) is 2. The smallest absolute Gasteiger partial charge is 0.357 e. The molecule has 660 valence electrons. The maximum atomic E-state index is 14.5. The van der Waals surface area contributed by atoms with Gasteiger partial charge in [-0.05, 0) is 121 Å². The Morgan fingerprint density at radius 3 is 1.30 bits per heavy atom. The molecule has 31 heteroatoms. The quantitative estimate of drug-likeness (QED) is 0.0200. The minimum Gasteiger partial charge on any atom is -0.493 e. The molecule has 8 aliphatic heterocycles. The number of fused-ring (bicyclic) bond motifs is 22. The largest absolute Gasteiger partial charge is 0.493 e. The Kier molecular flexibility index (Phi) is 26.8. The van der Waals surface area contributed by atoms with E-state index in [1.54, 1.807) is 58.7 Å². The number of hydrogen-bond donors (Lipinski definition) is 4. The Morgan fingerprint density at radius 2 is 0.920 bits per heavy atom. The standard InChI is InChI=1S/C46H48N4O10S.C28H33N3O8.C18H17NO3S.2CH4/c1-24-15-26-16-33-35(18-47)50-34(39(49(33)3)37(26)42(40(24)55-5)58-22-54-4)17-46(53)38(43-41(59-23-60-43)25(2)44(46)51)36(50)19-57-45(52)32(48-56-6)21-61-20-31-29-13-9-7-11-27(29)28-12-8-10-14-30(28)31;1-13-6-15-7-16-18(9-29)31-17(22(30(16)3)20(15)25(23(13)36-5)37-11-35-4)8-28(34)21(19(31)10-32)26-24(38-12-39-26)14(2)27(28)33;1-22-19-17(18(20)21)11-23-10-16-14-8-4-2-6-12(14)13-7-3-5-9-15(13)16;;/h7-15,31,33-36,39,53H,16-17,19-23H2,1-6H3;6,16-19,22,32,34H,7-8,10-12H2,1-5H3;2-9,16H,10-11H2,1H3,(H,20,21);2*1H4/t33-,34?,35-,36-,39-,46+;16-,17?,18-,19-,22-,28+;;;/m00.../s1. The number of nitrogens with zero attached hydrogens (tertiary/aromatic N) is 8. The summed E-state index contributed by atoms with van der Waals surface area (Å²) < 4.78 is 64.0. The van der Waals surface area contributed by atoms with Crippen molar-refractivity contribution < 1.29 is 101 Å². The highest BCUT2D eigenvalue weighted by molar-refractivity contribution is 8.00. The first-order valence-electron chi connectivity index (χ1n) is 40.7. The van der Waals surface area contributed by atoms with Crippen LogP contribution in [0.15, 0.2) is 165 Å². The molecular weight excluding hydrogens is 1640 g/mol. The van der Waals surface area contributed by atoms with Crippen molar-refractivity contribution in [3.63, 3.8) is 0 Å². The van der Waals surface area contributed by atoms with Gasteiger partial charge >= 0.3 is 11.9 Å². The van der Waals surface area contributed by atoms with Gasteiger partial charge in [0.05, 0.1) is 57.1 Å². The first-order valence-corrected chi connectivity index (χ1v) is 43.0. The van der Waals surface area contributed by atoms with Gasteiger partial charge in [0.25, 0.3) is 0 Å². The fourth-order valence-corrected chi connectivity index (χ4v) is 23.4. The van der Waals surface area contributed by atoms with Crippen LogP contribution >= 0.6 is 23.5 Å². The molecule has 12 aliphatic rings. The van der Waals surface area contributed by atoms with Crippen LogP contribution in [0.4, 0.5) is 0 Å². The minimum atomic E-state index is -2.09. The van der Waals surface area contributed by atoms with E-state index in [1.165, 1.54) is 65.8 Å². The molecule has 4 aliphatic carbocycles. The third kappa shape index (κ3) is 15.1. The van der Waals surface area contributed by atoms with E-state index in [2.05, 4.69) is 122 Å². The van der Waals surface area contributed by atoms with Crippen LogP contribution in [0.3, 0.4) is 0 Å². The second kappa shape index (κ2) is 37.0. The molecule has 2 unspecified atom stereocenters. The summed E-state index contributed by atoms with van der Waals surface area (Å²) in [6.07, 6.45) is 0.952. The van der Waals surface area contributed by atoms with Crippen molar-refractivity contribution in [3.05, 3.63) is 210 Å². The number of thioether (sulfide) groups is 2. The molecule has 12 atom stereocenters. The molecule has 8 heterocycles. The number of aliphatic carboxylic acids is 1. The van der Waals surface area contributed by atoms with Crippen LogP contribution in [-0.4, -0.2) is 255 Å². The summed E-state index contributed by atoms with van der Waals surface area (Å²) >= 11 is 3.11. The Hall–Kier alpha value is -10.8. The number of esters is 1. The molecule has 6 aromatic rings. The van der Waals surface area contributed by atoms with Gasteiger partial charge in [0.15, 0.2) is 93.8 Å². The number of carboxylic acids is 1. The zero-order valence-corrected chi connectivity index (χ0v) is 72.0. The number of aryl methyl sites for hydroxylation is 2. The number of oxime groups is 2. The van der Waals surface area contributed by atoms with Crippen LogP contribution in [0, 0.1) is 36.5 Å². The summed E-state index contributed by atoms with van der Waals surface area (Å²) in [6.45, 7) is 6.06. The molecule has 0 aromatic heterocycles. The summed E-state index contributed by atoms with van der Waals surface area (Å²) in [5.41, 5.74) is 12.6. The summed E-state index contributed by atoms with van der Waals surface area (Å²) in [4.78, 5) is 71.5. The number of likely N-dealkylation sites (N-methyl/N-ethyl adjacent to an activating group) is 2. The van der Waals surface area contributed by atoms with Gasteiger partial charge in [-0.3, -0.25) is 29.2 Å². The SMILES string of the molecule is C.C.COCOc1c(OC)c(C)cc2c1[C@@H]1C3C[C@]4(O)C(=O)C(C)=C5OCOC5=C4[C@H](CO)N3[C@@H](C#N)[C@H](C2)N1C.COCOc1c(OC)c(C)cc2c1[C@@H]1C3C[C@]4(O)C(=O)C(C)=C5OCOC5=C4[C@H](COC(=O)C(CSCC4c5ccccc5-c5ccccc54)=NOC)N3[C@@H](C#N)[C@H](C2)N1C.CON=C(CSCC1c2ccccc2-c2ccccc21)C(=O)O. The van der Waals surface area contributed by atoms with Crippen molar-refractivity contribution in [2.24, 2.45) is 10.3 Å². The fraction of sp³-hybridized carbons (Fsp3) is 0.447. The zero-order valence-electron chi connectivity index (χ0n) is 70.3. The van der Waals surface area contributed by atoms with Crippen LogP contribution in [0.5, 0.6) is 23.0 Å². The average Bonchev–Trinajstić information content (AvgIpc) is 1.05. The second-order valence-electron chi connectivity index (χ2n) is 32.3. The predicted octanol–water partition coefficient (Wildman–Crippen LogP) is 11.1. The minimum absolute atomic E-state index is 0. The fourth-order valence-electron chi connectivity index (χ4n) is 21.2. The number of hydrogen-bond acceptors (Lipinski definition) is 30. The molecule has 0 spiro atoms. The van der Waals surface area contributed by atoms with E-state index in [4.69, 9.17) is 62.0 Å². The van der Waals surface area contributed by atoms with Crippen LogP contribution in [-0.2, 0) is 74.9 Å². The number of benzene rings is 6. The van der Waals surface area contributed by atoms with Gasteiger partial charge in [-0.15, -0.1) is 0 Å². The topological polar surface area (TPSA) is 354 Å². The van der Waals surface area contributed by atoms with Gasteiger partial charge in [-0.2, -0.15) is 34.0 Å². The van der Waals surface area contributed by atoms with E-state index in [9.17, 15) is 45.0 Å². The number of ether oxygens (including phenoxy) is 11. The number of aliphatic hydroxyl groups is 3. The summed E-state index contributed by atoms with van der Waals surface area (Å²) in [7, 11) is 12.9. The average molecular weight is 1750 g/mol. The summed E-state index contributed by atoms with van der Waals surface area (Å²) in [5, 5.41) is 74.2. The van der Waals surface area contributed by atoms with Gasteiger partial charge in [-0.25, -0.2) is 9.59 Å². The number of carbonyl (C=O) groups excluding carboxylic acids is 3. The predicted molar refractivity (Wildman–Crippen MR) is 467 cm³/mol. The van der Waals surface area contributed by atoms with Gasteiger partial charge in [0.1, 0.15) is 32.9 Å². The zero-order chi connectivity index (χ0) is 86.8. The molecule has 18 rings (SSSR count). The van der Waals surface area contributed by atoms with E-state index >= 15 is 0 Å². The van der Waals surface area contributed by atoms with Crippen molar-refractivity contribution in [2.45, 2.75) is 152 Å². The van der Waals surface area contributed by atoms with E-state index in [1.807, 2.05) is 62.0 Å². The van der Waals surface area contributed by atoms with E-state index in [-0.39, 0.29) is 148 Å². The molecule has 29 nitrogen and oxygen atoms in total. The summed E-state index contributed by atoms with van der Waals surface area (Å²) in [6, 6.07) is 36.9. The van der Waals surface area contributed by atoms with Crippen LogP contribution in [0.2, 0.25) is 0 Å². The van der Waals surface area contributed by atoms with Crippen molar-refractivity contribution in [2.75, 3.05) is 120 Å². The van der Waals surface area contributed by atoms with Crippen LogP contribution in [0.1, 0.15) is 121 Å². The molecule has 4 N–H and O–H groups in total. The number of carboxylic acid groups (broad SMARTS) is 1. The number of aliphatic hydroxyl groups excluding tert-OH is 1. The number of rotatable bonds is 23. The molecular formula is C94H106N8O21S2. The Morgan fingerprint density at radius 1 is 0.544 bits per heavy atom. The molecule has 4 bridgehead atoms. The normalized spacial score (nSPS) is 25.8. The third-order valence-electron chi connectivity index (χ3n) is 26.2. The Labute approximate surface area is 735 Å². The monoisotopic (exact) mass is 1750 g/mol. The molecule has 0 amide bonds.